The van der Waals surface area contributed by atoms with Gasteiger partial charge >= 0.3 is 17.6 Å². The van der Waals surface area contributed by atoms with E-state index in [2.05, 4.69) is 4.98 Å². The Bertz CT molecular complexity index is 1100. The summed E-state index contributed by atoms with van der Waals surface area (Å²) in [7, 11) is 0. The number of allylic oxidation sites excluding steroid dienone is 1. The van der Waals surface area contributed by atoms with Gasteiger partial charge < -0.3 is 14.6 Å². The minimum Gasteiger partial charge on any atom is -0.476 e. The van der Waals surface area contributed by atoms with Gasteiger partial charge in [-0.15, -0.1) is 0 Å². The Hall–Kier alpha value is -4.35. The molecule has 0 radical (unpaired) electrons. The van der Waals surface area contributed by atoms with Crippen LogP contribution in [-0.2, 0) is 25.5 Å². The number of aliphatic hydroxyl groups is 1. The Balaban J connectivity index is 2.53. The quantitative estimate of drug-likeness (QED) is 0.145. The highest BCUT2D eigenvalue weighted by Crippen LogP contribution is 2.37. The number of ketones is 1. The Morgan fingerprint density at radius 3 is 2.43 bits per heavy atom. The summed E-state index contributed by atoms with van der Waals surface area (Å²) in [6, 6.07) is 8.14. The fraction of sp³-hybridized carbons (Fsp3) is 0.348. The molecule has 0 aliphatic rings. The van der Waals surface area contributed by atoms with E-state index < -0.39 is 50.8 Å². The van der Waals surface area contributed by atoms with Gasteiger partial charge in [0.15, 0.2) is 0 Å². The van der Waals surface area contributed by atoms with Crippen LogP contribution in [0.4, 0.5) is 5.69 Å². The SMILES string of the molecule is CCCOC(O)=C(C(c1cccc([N+](=O)[O-])c1)C(C(C)=O)C(=O)OCCc1cccnc1)[N+](=O)[O-]. The summed E-state index contributed by atoms with van der Waals surface area (Å²) in [5, 5.41) is 33.6. The molecule has 2 aromatic rings. The van der Waals surface area contributed by atoms with Gasteiger partial charge in [-0.05, 0) is 30.5 Å². The van der Waals surface area contributed by atoms with Crippen molar-refractivity contribution in [3.8, 4) is 0 Å². The second-order valence-electron chi connectivity index (χ2n) is 7.49. The van der Waals surface area contributed by atoms with E-state index >= 15 is 0 Å². The molecule has 12 nitrogen and oxygen atoms in total. The topological polar surface area (TPSA) is 172 Å². The van der Waals surface area contributed by atoms with E-state index in [0.29, 0.717) is 6.42 Å². The van der Waals surface area contributed by atoms with E-state index in [-0.39, 0.29) is 25.2 Å². The second kappa shape index (κ2) is 12.8. The van der Waals surface area contributed by atoms with Crippen molar-refractivity contribution in [1.29, 1.82) is 0 Å². The van der Waals surface area contributed by atoms with Crippen LogP contribution in [0.25, 0.3) is 0 Å². The molecule has 0 aliphatic heterocycles. The number of nitro groups is 2. The lowest BCUT2D eigenvalue weighted by molar-refractivity contribution is -0.437. The van der Waals surface area contributed by atoms with Gasteiger partial charge in [0, 0.05) is 30.9 Å². The summed E-state index contributed by atoms with van der Waals surface area (Å²) in [6.45, 7) is 2.52. The number of carbonyl (C=O) groups is 2. The fourth-order valence-corrected chi connectivity index (χ4v) is 3.38. The third kappa shape index (κ3) is 7.32. The number of hydrogen-bond acceptors (Lipinski definition) is 10. The number of nitro benzene ring substituents is 1. The van der Waals surface area contributed by atoms with Crippen molar-refractivity contribution < 1.29 is 34.0 Å². The number of aliphatic hydroxyl groups excluding tert-OH is 1. The maximum Gasteiger partial charge on any atom is 0.354 e. The summed E-state index contributed by atoms with van der Waals surface area (Å²) in [5.41, 5.74) is -0.756. The van der Waals surface area contributed by atoms with Gasteiger partial charge in [0.2, 0.25) is 0 Å². The molecule has 0 bridgehead atoms. The second-order valence-corrected chi connectivity index (χ2v) is 7.49. The Morgan fingerprint density at radius 1 is 1.11 bits per heavy atom. The van der Waals surface area contributed by atoms with Crippen LogP contribution in [0.15, 0.2) is 60.4 Å². The summed E-state index contributed by atoms with van der Waals surface area (Å²) in [6.07, 6.45) is 3.82. The molecule has 2 atom stereocenters. The van der Waals surface area contributed by atoms with E-state index in [1.807, 2.05) is 0 Å². The fourth-order valence-electron chi connectivity index (χ4n) is 3.38. The lowest BCUT2D eigenvalue weighted by Crippen LogP contribution is -2.34. The van der Waals surface area contributed by atoms with Gasteiger partial charge in [-0.25, -0.2) is 0 Å². The van der Waals surface area contributed by atoms with Crippen LogP contribution in [0.3, 0.4) is 0 Å². The molecule has 1 aromatic heterocycles. The Morgan fingerprint density at radius 2 is 1.86 bits per heavy atom. The van der Waals surface area contributed by atoms with Crippen molar-refractivity contribution in [3.63, 3.8) is 0 Å². The van der Waals surface area contributed by atoms with Crippen LogP contribution in [0.2, 0.25) is 0 Å². The number of benzene rings is 1. The highest BCUT2D eigenvalue weighted by Gasteiger charge is 2.46. The third-order valence-corrected chi connectivity index (χ3v) is 4.98. The standard InChI is InChI=1S/C23H25N3O9/c1-3-11-34-23(29)21(26(32)33)20(17-7-4-8-18(13-17)25(30)31)19(15(2)27)22(28)35-12-9-16-6-5-10-24-14-16/h4-8,10,13-14,19-20,29H,3,9,11-12H2,1-2H3. The average Bonchev–Trinajstić information content (AvgIpc) is 2.82. The molecule has 12 heteroatoms. The number of Topliss-reactive ketones (excluding diaryl/α,β-unsaturated/α-hetero) is 1. The molecular formula is C23H25N3O9. The molecule has 2 rings (SSSR count). The van der Waals surface area contributed by atoms with E-state index in [0.717, 1.165) is 24.6 Å². The summed E-state index contributed by atoms with van der Waals surface area (Å²) in [4.78, 5) is 51.1. The number of aromatic nitrogens is 1. The van der Waals surface area contributed by atoms with E-state index in [1.165, 1.54) is 12.1 Å². The smallest absolute Gasteiger partial charge is 0.354 e. The van der Waals surface area contributed by atoms with Crippen molar-refractivity contribution in [3.05, 3.63) is 91.8 Å². The summed E-state index contributed by atoms with van der Waals surface area (Å²) in [5.74, 6) is -6.47. The lowest BCUT2D eigenvalue weighted by atomic mass is 9.81. The minimum absolute atomic E-state index is 0.0782. The van der Waals surface area contributed by atoms with Crippen LogP contribution in [0.1, 0.15) is 37.3 Å². The molecule has 2 unspecified atom stereocenters. The monoisotopic (exact) mass is 487 g/mol. The number of ether oxygens (including phenoxy) is 2. The van der Waals surface area contributed by atoms with Gasteiger partial charge in [0.05, 0.1) is 23.1 Å². The number of pyridine rings is 1. The highest BCUT2D eigenvalue weighted by molar-refractivity contribution is 5.99. The number of hydrogen-bond donors (Lipinski definition) is 1. The van der Waals surface area contributed by atoms with Crippen LogP contribution in [-0.4, -0.2) is 44.9 Å². The normalized spacial score (nSPS) is 13.2. The molecule has 0 aliphatic carbocycles. The highest BCUT2D eigenvalue weighted by atomic mass is 16.6. The number of carbonyl (C=O) groups excluding carboxylic acids is 2. The van der Waals surface area contributed by atoms with Gasteiger partial charge in [0.1, 0.15) is 17.6 Å². The van der Waals surface area contributed by atoms with Crippen LogP contribution in [0, 0.1) is 26.1 Å². The lowest BCUT2D eigenvalue weighted by Gasteiger charge is -2.22. The number of non-ortho nitro benzene ring substituents is 1. The van der Waals surface area contributed by atoms with Crippen molar-refractivity contribution in [2.45, 2.75) is 32.6 Å². The molecule has 1 aromatic carbocycles. The molecule has 1 N–H and O–H groups in total. The predicted octanol–water partition coefficient (Wildman–Crippen LogP) is 3.49. The van der Waals surface area contributed by atoms with Crippen LogP contribution in [0.5, 0.6) is 0 Å². The van der Waals surface area contributed by atoms with E-state index in [9.17, 15) is 34.9 Å². The first-order chi connectivity index (χ1) is 16.7. The first-order valence-electron chi connectivity index (χ1n) is 10.7. The zero-order chi connectivity index (χ0) is 26.0. The van der Waals surface area contributed by atoms with Crippen molar-refractivity contribution in [2.24, 2.45) is 5.92 Å². The third-order valence-electron chi connectivity index (χ3n) is 4.98. The molecule has 0 amide bonds. The van der Waals surface area contributed by atoms with E-state index in [1.54, 1.807) is 31.5 Å². The van der Waals surface area contributed by atoms with Crippen molar-refractivity contribution in [1.82, 2.24) is 4.98 Å². The zero-order valence-corrected chi connectivity index (χ0v) is 19.2. The largest absolute Gasteiger partial charge is 0.476 e. The summed E-state index contributed by atoms with van der Waals surface area (Å²) < 4.78 is 10.3. The summed E-state index contributed by atoms with van der Waals surface area (Å²) >= 11 is 0. The average molecular weight is 487 g/mol. The molecule has 0 spiro atoms. The molecule has 0 saturated heterocycles. The minimum atomic E-state index is -1.78. The first kappa shape index (κ1) is 26.9. The maximum atomic E-state index is 13.0. The van der Waals surface area contributed by atoms with Crippen LogP contribution < -0.4 is 0 Å². The molecule has 35 heavy (non-hydrogen) atoms. The van der Waals surface area contributed by atoms with Gasteiger partial charge in [-0.1, -0.05) is 25.1 Å². The number of nitrogens with zero attached hydrogens (tertiary/aromatic N) is 3. The molecule has 1 heterocycles. The van der Waals surface area contributed by atoms with Gasteiger partial charge in [-0.2, -0.15) is 0 Å². The predicted molar refractivity (Wildman–Crippen MR) is 122 cm³/mol. The first-order valence-corrected chi connectivity index (χ1v) is 10.7. The van der Waals surface area contributed by atoms with E-state index in [4.69, 9.17) is 9.47 Å². The molecule has 0 saturated carbocycles. The Kier molecular flexibility index (Phi) is 9.82. The molecule has 186 valence electrons. The Labute approximate surface area is 200 Å². The van der Waals surface area contributed by atoms with Crippen LogP contribution >= 0.6 is 0 Å². The number of rotatable bonds is 13. The molecule has 0 fully saturated rings. The molecular weight excluding hydrogens is 462 g/mol. The van der Waals surface area contributed by atoms with Crippen molar-refractivity contribution in [2.75, 3.05) is 13.2 Å². The van der Waals surface area contributed by atoms with Crippen molar-refractivity contribution >= 4 is 17.4 Å². The maximum absolute atomic E-state index is 13.0. The zero-order valence-electron chi connectivity index (χ0n) is 19.2. The van der Waals surface area contributed by atoms with Gasteiger partial charge in [0.25, 0.3) is 5.69 Å². The van der Waals surface area contributed by atoms with Gasteiger partial charge in [-0.3, -0.25) is 34.8 Å². The number of esters is 1.